The first-order chi connectivity index (χ1) is 12.0. The van der Waals surface area contributed by atoms with Crippen molar-refractivity contribution < 1.29 is 13.5 Å². The molecule has 4 rings (SSSR count). The molecule has 0 saturated heterocycles. The Hall–Kier alpha value is -1.98. The lowest BCUT2D eigenvalue weighted by atomic mass is 9.98. The van der Waals surface area contributed by atoms with Gasteiger partial charge in [-0.15, -0.1) is 0 Å². The van der Waals surface area contributed by atoms with Gasteiger partial charge in [-0.2, -0.15) is 8.78 Å². The molecule has 1 N–H and O–H groups in total. The van der Waals surface area contributed by atoms with Crippen LogP contribution in [0.15, 0.2) is 23.0 Å². The second-order valence-corrected chi connectivity index (χ2v) is 7.41. The van der Waals surface area contributed by atoms with E-state index in [0.717, 1.165) is 19.3 Å². The van der Waals surface area contributed by atoms with Gasteiger partial charge in [0.2, 0.25) is 0 Å². The first-order valence-corrected chi connectivity index (χ1v) is 8.95. The van der Waals surface area contributed by atoms with E-state index in [9.17, 15) is 13.6 Å². The molecular weight excluding hydrogens is 326 g/mol. The van der Waals surface area contributed by atoms with Crippen molar-refractivity contribution >= 4 is 11.0 Å². The maximum atomic E-state index is 14.9. The summed E-state index contributed by atoms with van der Waals surface area (Å²) in [5, 5.41) is 0. The van der Waals surface area contributed by atoms with Crippen molar-refractivity contribution in [3.63, 3.8) is 0 Å². The fourth-order valence-electron chi connectivity index (χ4n) is 4.22. The zero-order chi connectivity index (χ0) is 17.6. The van der Waals surface area contributed by atoms with E-state index in [1.807, 2.05) is 0 Å². The van der Waals surface area contributed by atoms with Crippen molar-refractivity contribution in [3.8, 4) is 5.75 Å². The average Bonchev–Trinajstić information content (AvgIpc) is 3.18. The number of aromatic amines is 1. The number of rotatable bonds is 5. The molecular formula is C19H22F2N2O2. The molecule has 0 spiro atoms. The van der Waals surface area contributed by atoms with E-state index >= 15 is 0 Å². The summed E-state index contributed by atoms with van der Waals surface area (Å²) in [5.41, 5.74) is -0.702. The minimum absolute atomic E-state index is 0.0193. The van der Waals surface area contributed by atoms with Crippen LogP contribution < -0.4 is 10.3 Å². The number of nitrogens with zero attached hydrogens (tertiary/aromatic N) is 1. The Bertz CT molecular complexity index is 843. The van der Waals surface area contributed by atoms with Gasteiger partial charge in [0.15, 0.2) is 5.69 Å². The zero-order valence-corrected chi connectivity index (χ0v) is 14.2. The first-order valence-electron chi connectivity index (χ1n) is 8.95. The van der Waals surface area contributed by atoms with Gasteiger partial charge in [0.1, 0.15) is 5.75 Å². The molecule has 0 bridgehead atoms. The fraction of sp³-hybridized carbons (Fsp3) is 0.579. The zero-order valence-electron chi connectivity index (χ0n) is 14.2. The van der Waals surface area contributed by atoms with Gasteiger partial charge >= 0.3 is 0 Å². The largest absolute Gasteiger partial charge is 0.497 e. The molecule has 2 unspecified atom stereocenters. The number of ether oxygens (including phenoxy) is 1. The van der Waals surface area contributed by atoms with E-state index in [-0.39, 0.29) is 5.92 Å². The minimum Gasteiger partial charge on any atom is -0.497 e. The van der Waals surface area contributed by atoms with Crippen molar-refractivity contribution in [2.24, 2.45) is 17.8 Å². The smallest absolute Gasteiger partial charge is 0.298 e. The Labute approximate surface area is 144 Å². The lowest BCUT2D eigenvalue weighted by Gasteiger charge is -2.16. The van der Waals surface area contributed by atoms with Crippen LogP contribution in [0.25, 0.3) is 11.0 Å². The summed E-state index contributed by atoms with van der Waals surface area (Å²) in [4.78, 5) is 18.8. The summed E-state index contributed by atoms with van der Waals surface area (Å²) in [5.74, 6) is -2.78. The average molecular weight is 348 g/mol. The fourth-order valence-corrected chi connectivity index (χ4v) is 4.22. The molecule has 2 aliphatic carbocycles. The van der Waals surface area contributed by atoms with Crippen molar-refractivity contribution in [2.75, 3.05) is 7.11 Å². The summed E-state index contributed by atoms with van der Waals surface area (Å²) in [6.07, 6.45) is 6.10. The molecule has 0 amide bonds. The Morgan fingerprint density at radius 1 is 1.32 bits per heavy atom. The quantitative estimate of drug-likeness (QED) is 0.879. The minimum atomic E-state index is -3.18. The van der Waals surface area contributed by atoms with Crippen LogP contribution in [-0.4, -0.2) is 17.1 Å². The molecule has 2 aromatic rings. The SMILES string of the molecule is COc1ccc2nc(C(F)(F)C3CC3CC3CCCC3)c(=O)[nH]c2c1. The van der Waals surface area contributed by atoms with Gasteiger partial charge in [-0.3, -0.25) is 4.79 Å². The molecule has 2 saturated carbocycles. The van der Waals surface area contributed by atoms with Crippen LogP contribution in [0, 0.1) is 17.8 Å². The van der Waals surface area contributed by atoms with Crippen LogP contribution in [0.4, 0.5) is 8.78 Å². The normalized spacial score (nSPS) is 24.0. The van der Waals surface area contributed by atoms with Crippen LogP contribution in [0.3, 0.4) is 0 Å². The van der Waals surface area contributed by atoms with Gasteiger partial charge in [-0.1, -0.05) is 25.7 Å². The molecule has 1 heterocycles. The van der Waals surface area contributed by atoms with Crippen LogP contribution in [0.1, 0.15) is 44.2 Å². The van der Waals surface area contributed by atoms with E-state index in [2.05, 4.69) is 9.97 Å². The Kier molecular flexibility index (Phi) is 4.01. The number of H-pyrrole nitrogens is 1. The van der Waals surface area contributed by atoms with Gasteiger partial charge in [-0.25, -0.2) is 4.98 Å². The van der Waals surface area contributed by atoms with E-state index in [0.29, 0.717) is 29.1 Å². The molecule has 2 fully saturated rings. The van der Waals surface area contributed by atoms with Crippen molar-refractivity contribution in [1.82, 2.24) is 9.97 Å². The number of methoxy groups -OCH3 is 1. The molecule has 134 valence electrons. The van der Waals surface area contributed by atoms with Crippen LogP contribution in [0.2, 0.25) is 0 Å². The Morgan fingerprint density at radius 3 is 2.80 bits per heavy atom. The molecule has 4 nitrogen and oxygen atoms in total. The highest BCUT2D eigenvalue weighted by molar-refractivity contribution is 5.75. The lowest BCUT2D eigenvalue weighted by molar-refractivity contribution is -0.0401. The molecule has 25 heavy (non-hydrogen) atoms. The second kappa shape index (κ2) is 6.07. The highest BCUT2D eigenvalue weighted by Gasteiger charge is 2.57. The molecule has 0 aliphatic heterocycles. The number of alkyl halides is 2. The molecule has 1 aromatic heterocycles. The van der Waals surface area contributed by atoms with E-state index < -0.39 is 23.1 Å². The van der Waals surface area contributed by atoms with Crippen molar-refractivity contribution in [3.05, 3.63) is 34.2 Å². The van der Waals surface area contributed by atoms with E-state index in [1.165, 1.54) is 20.0 Å². The number of benzene rings is 1. The summed E-state index contributed by atoms with van der Waals surface area (Å²) in [6.45, 7) is 0. The topological polar surface area (TPSA) is 55.0 Å². The summed E-state index contributed by atoms with van der Waals surface area (Å²) in [7, 11) is 1.51. The third kappa shape index (κ3) is 3.02. The standard InChI is InChI=1S/C19H22F2N2O2/c1-25-13-6-7-15-16(10-13)23-18(24)17(22-15)19(20,21)14-9-12(14)8-11-4-2-3-5-11/h6-7,10-12,14H,2-5,8-9H2,1H3,(H,23,24). The maximum absolute atomic E-state index is 14.9. The van der Waals surface area contributed by atoms with Crippen molar-refractivity contribution in [2.45, 2.75) is 44.4 Å². The number of aromatic nitrogens is 2. The van der Waals surface area contributed by atoms with Crippen LogP contribution in [0.5, 0.6) is 5.75 Å². The Balaban J connectivity index is 1.59. The molecule has 0 radical (unpaired) electrons. The maximum Gasteiger partial charge on any atom is 0.298 e. The first kappa shape index (κ1) is 16.5. The number of hydrogen-bond donors (Lipinski definition) is 1. The monoisotopic (exact) mass is 348 g/mol. The molecule has 2 atom stereocenters. The second-order valence-electron chi connectivity index (χ2n) is 7.41. The van der Waals surface area contributed by atoms with Crippen molar-refractivity contribution in [1.29, 1.82) is 0 Å². The van der Waals surface area contributed by atoms with Gasteiger partial charge in [0, 0.05) is 12.0 Å². The summed E-state index contributed by atoms with van der Waals surface area (Å²) < 4.78 is 34.9. The van der Waals surface area contributed by atoms with Gasteiger partial charge in [0.05, 0.1) is 18.1 Å². The number of halogens is 2. The van der Waals surface area contributed by atoms with Crippen LogP contribution >= 0.6 is 0 Å². The number of nitrogens with one attached hydrogen (secondary N) is 1. The number of fused-ring (bicyclic) bond motifs is 1. The highest BCUT2D eigenvalue weighted by Crippen LogP contribution is 2.56. The lowest BCUT2D eigenvalue weighted by Crippen LogP contribution is -2.29. The molecule has 2 aliphatic rings. The molecule has 6 heteroatoms. The van der Waals surface area contributed by atoms with Gasteiger partial charge in [-0.05, 0) is 36.8 Å². The summed E-state index contributed by atoms with van der Waals surface area (Å²) >= 11 is 0. The summed E-state index contributed by atoms with van der Waals surface area (Å²) in [6, 6.07) is 4.83. The number of hydrogen-bond acceptors (Lipinski definition) is 3. The third-order valence-electron chi connectivity index (χ3n) is 5.71. The highest BCUT2D eigenvalue weighted by atomic mass is 19.3. The van der Waals surface area contributed by atoms with E-state index in [1.54, 1.807) is 18.2 Å². The third-order valence-corrected chi connectivity index (χ3v) is 5.71. The molecule has 1 aromatic carbocycles. The van der Waals surface area contributed by atoms with E-state index in [4.69, 9.17) is 4.74 Å². The van der Waals surface area contributed by atoms with Gasteiger partial charge < -0.3 is 9.72 Å². The predicted octanol–water partition coefficient (Wildman–Crippen LogP) is 4.24. The Morgan fingerprint density at radius 2 is 2.08 bits per heavy atom. The van der Waals surface area contributed by atoms with Crippen LogP contribution in [-0.2, 0) is 5.92 Å². The predicted molar refractivity (Wildman–Crippen MR) is 91.0 cm³/mol. The van der Waals surface area contributed by atoms with Gasteiger partial charge in [0.25, 0.3) is 11.5 Å².